The van der Waals surface area contributed by atoms with Gasteiger partial charge in [0.05, 0.1) is 5.69 Å². The number of aryl methyl sites for hydroxylation is 1. The van der Waals surface area contributed by atoms with Gasteiger partial charge in [0.2, 0.25) is 0 Å². The predicted octanol–water partition coefficient (Wildman–Crippen LogP) is 1.85. The molecule has 1 saturated heterocycles. The Kier molecular flexibility index (Phi) is 4.00. The van der Waals surface area contributed by atoms with Crippen LogP contribution in [0, 0.1) is 0 Å². The highest BCUT2D eigenvalue weighted by atomic mass is 16.1. The summed E-state index contributed by atoms with van der Waals surface area (Å²) >= 11 is 0. The first kappa shape index (κ1) is 14.4. The van der Waals surface area contributed by atoms with Gasteiger partial charge >= 0.3 is 0 Å². The number of rotatable bonds is 3. The monoisotopic (exact) mass is 297 g/mol. The predicted molar refractivity (Wildman–Crippen MR) is 85.5 cm³/mol. The molecule has 0 unspecified atom stereocenters. The number of Topliss-reactive ketones (excluding diaryl/α,β-unsaturated/α-hetero) is 1. The van der Waals surface area contributed by atoms with Crippen molar-refractivity contribution in [2.75, 3.05) is 23.7 Å². The van der Waals surface area contributed by atoms with Crippen LogP contribution in [-0.2, 0) is 11.2 Å². The third-order valence-corrected chi connectivity index (χ3v) is 3.94. The highest BCUT2D eigenvalue weighted by molar-refractivity contribution is 5.83. The maximum atomic E-state index is 11.5. The Morgan fingerprint density at radius 1 is 1.18 bits per heavy atom. The summed E-state index contributed by atoms with van der Waals surface area (Å²) in [5.41, 5.74) is 8.61. The van der Waals surface area contributed by atoms with Crippen LogP contribution < -0.4 is 10.6 Å². The summed E-state index contributed by atoms with van der Waals surface area (Å²) in [7, 11) is 0. The van der Waals surface area contributed by atoms with Gasteiger partial charge < -0.3 is 10.6 Å². The standard InChI is InChI=1S/C16H19N5O/c1-2-13-15(11-3-4-14(17)18-9-11)16(20-10-19-13)21-7-5-12(22)6-8-21/h3-4,9-10H,2,5-8H2,1H3,(H2,17,18). The number of carbonyl (C=O) groups excluding carboxylic acids is 1. The van der Waals surface area contributed by atoms with Crippen molar-refractivity contribution in [3.05, 3.63) is 30.4 Å². The van der Waals surface area contributed by atoms with E-state index in [0.717, 1.165) is 29.1 Å². The number of nitrogens with two attached hydrogens (primary N) is 1. The summed E-state index contributed by atoms with van der Waals surface area (Å²) in [6, 6.07) is 3.73. The second kappa shape index (κ2) is 6.09. The lowest BCUT2D eigenvalue weighted by Gasteiger charge is -2.29. The second-order valence-electron chi connectivity index (χ2n) is 5.37. The molecular formula is C16H19N5O. The first-order chi connectivity index (χ1) is 10.7. The van der Waals surface area contributed by atoms with Gasteiger partial charge in [0.25, 0.3) is 0 Å². The molecule has 0 aromatic carbocycles. The highest BCUT2D eigenvalue weighted by Gasteiger charge is 2.22. The van der Waals surface area contributed by atoms with Gasteiger partial charge in [-0.05, 0) is 18.6 Å². The average Bonchev–Trinajstić information content (AvgIpc) is 2.56. The fourth-order valence-corrected chi connectivity index (χ4v) is 2.74. The van der Waals surface area contributed by atoms with Crippen molar-refractivity contribution in [3.63, 3.8) is 0 Å². The van der Waals surface area contributed by atoms with Crippen LogP contribution in [0.1, 0.15) is 25.5 Å². The Bertz CT molecular complexity index is 673. The molecule has 1 aliphatic rings. The van der Waals surface area contributed by atoms with Crippen molar-refractivity contribution >= 4 is 17.4 Å². The molecular weight excluding hydrogens is 278 g/mol. The van der Waals surface area contributed by atoms with E-state index in [4.69, 9.17) is 5.73 Å². The van der Waals surface area contributed by atoms with Crippen molar-refractivity contribution in [1.29, 1.82) is 0 Å². The van der Waals surface area contributed by atoms with Gasteiger partial charge in [-0.15, -0.1) is 0 Å². The van der Waals surface area contributed by atoms with E-state index in [1.165, 1.54) is 0 Å². The van der Waals surface area contributed by atoms with Crippen LogP contribution in [0.15, 0.2) is 24.7 Å². The van der Waals surface area contributed by atoms with Crippen LogP contribution in [0.4, 0.5) is 11.6 Å². The zero-order chi connectivity index (χ0) is 15.5. The smallest absolute Gasteiger partial charge is 0.140 e. The number of anilines is 2. The fraction of sp³-hybridized carbons (Fsp3) is 0.375. The molecule has 2 aromatic rings. The third-order valence-electron chi connectivity index (χ3n) is 3.94. The number of hydrogen-bond donors (Lipinski definition) is 1. The van der Waals surface area contributed by atoms with Gasteiger partial charge in [0, 0.05) is 43.3 Å². The first-order valence-electron chi connectivity index (χ1n) is 7.51. The molecule has 0 amide bonds. The van der Waals surface area contributed by atoms with Crippen molar-refractivity contribution in [2.45, 2.75) is 26.2 Å². The zero-order valence-corrected chi connectivity index (χ0v) is 12.6. The molecule has 6 nitrogen and oxygen atoms in total. The Morgan fingerprint density at radius 2 is 1.95 bits per heavy atom. The molecule has 2 N–H and O–H groups in total. The quantitative estimate of drug-likeness (QED) is 0.930. The number of ketones is 1. The summed E-state index contributed by atoms with van der Waals surface area (Å²) in [6.07, 6.45) is 5.31. The minimum absolute atomic E-state index is 0.316. The van der Waals surface area contributed by atoms with Crippen LogP contribution in [0.25, 0.3) is 11.1 Å². The number of piperidine rings is 1. The lowest BCUT2D eigenvalue weighted by Crippen LogP contribution is -2.35. The molecule has 3 heterocycles. The van der Waals surface area contributed by atoms with Gasteiger partial charge in [-0.3, -0.25) is 4.79 Å². The van der Waals surface area contributed by atoms with Crippen molar-refractivity contribution in [2.24, 2.45) is 0 Å². The molecule has 0 radical (unpaired) electrons. The Morgan fingerprint density at radius 3 is 2.59 bits per heavy atom. The number of pyridine rings is 1. The van der Waals surface area contributed by atoms with Gasteiger partial charge in [-0.2, -0.15) is 0 Å². The van der Waals surface area contributed by atoms with Crippen LogP contribution >= 0.6 is 0 Å². The Hall–Kier alpha value is -2.50. The summed E-state index contributed by atoms with van der Waals surface area (Å²) < 4.78 is 0. The average molecular weight is 297 g/mol. The molecule has 22 heavy (non-hydrogen) atoms. The van der Waals surface area contributed by atoms with Gasteiger partial charge in [-0.25, -0.2) is 15.0 Å². The van der Waals surface area contributed by atoms with Crippen LogP contribution in [0.5, 0.6) is 0 Å². The van der Waals surface area contributed by atoms with Crippen LogP contribution in [0.3, 0.4) is 0 Å². The summed E-state index contributed by atoms with van der Waals surface area (Å²) in [6.45, 7) is 3.48. The number of nitrogen functional groups attached to an aromatic ring is 1. The van der Waals surface area contributed by atoms with E-state index in [1.54, 1.807) is 18.6 Å². The summed E-state index contributed by atoms with van der Waals surface area (Å²) in [4.78, 5) is 26.7. The fourth-order valence-electron chi connectivity index (χ4n) is 2.74. The van der Waals surface area contributed by atoms with E-state index in [2.05, 4.69) is 26.8 Å². The van der Waals surface area contributed by atoms with Gasteiger partial charge in [0.15, 0.2) is 0 Å². The SMILES string of the molecule is CCc1ncnc(N2CCC(=O)CC2)c1-c1ccc(N)nc1. The van der Waals surface area contributed by atoms with Crippen molar-refractivity contribution in [3.8, 4) is 11.1 Å². The van der Waals surface area contributed by atoms with E-state index in [1.807, 2.05) is 6.07 Å². The number of carbonyl (C=O) groups is 1. The molecule has 3 rings (SSSR count). The maximum Gasteiger partial charge on any atom is 0.140 e. The molecule has 1 fully saturated rings. The van der Waals surface area contributed by atoms with E-state index in [-0.39, 0.29) is 0 Å². The van der Waals surface area contributed by atoms with Gasteiger partial charge in [-0.1, -0.05) is 6.92 Å². The van der Waals surface area contributed by atoms with Crippen LogP contribution in [0.2, 0.25) is 0 Å². The first-order valence-corrected chi connectivity index (χ1v) is 7.51. The van der Waals surface area contributed by atoms with Crippen molar-refractivity contribution in [1.82, 2.24) is 15.0 Å². The summed E-state index contributed by atoms with van der Waals surface area (Å²) in [5, 5.41) is 0. The largest absolute Gasteiger partial charge is 0.384 e. The Balaban J connectivity index is 2.06. The molecule has 0 bridgehead atoms. The van der Waals surface area contributed by atoms with Crippen molar-refractivity contribution < 1.29 is 4.79 Å². The molecule has 0 spiro atoms. The lowest BCUT2D eigenvalue weighted by molar-refractivity contribution is -0.119. The number of nitrogens with zero attached hydrogens (tertiary/aromatic N) is 4. The minimum Gasteiger partial charge on any atom is -0.384 e. The minimum atomic E-state index is 0.316. The van der Waals surface area contributed by atoms with Gasteiger partial charge in [0.1, 0.15) is 23.7 Å². The molecule has 2 aromatic heterocycles. The lowest BCUT2D eigenvalue weighted by atomic mass is 10.0. The zero-order valence-electron chi connectivity index (χ0n) is 12.6. The maximum absolute atomic E-state index is 11.5. The molecule has 114 valence electrons. The van der Waals surface area contributed by atoms with E-state index in [0.29, 0.717) is 37.5 Å². The third kappa shape index (κ3) is 2.77. The molecule has 1 aliphatic heterocycles. The second-order valence-corrected chi connectivity index (χ2v) is 5.37. The Labute approximate surface area is 129 Å². The van der Waals surface area contributed by atoms with Crippen LogP contribution in [-0.4, -0.2) is 33.8 Å². The number of hydrogen-bond acceptors (Lipinski definition) is 6. The summed E-state index contributed by atoms with van der Waals surface area (Å²) in [5.74, 6) is 1.69. The molecule has 0 atom stereocenters. The topological polar surface area (TPSA) is 85.0 Å². The van der Waals surface area contributed by atoms with E-state index >= 15 is 0 Å². The molecule has 0 saturated carbocycles. The molecule has 0 aliphatic carbocycles. The van der Waals surface area contributed by atoms with E-state index < -0.39 is 0 Å². The normalized spacial score (nSPS) is 15.1. The molecule has 6 heteroatoms. The van der Waals surface area contributed by atoms with E-state index in [9.17, 15) is 4.79 Å². The highest BCUT2D eigenvalue weighted by Crippen LogP contribution is 2.32. The number of aromatic nitrogens is 3.